The molecule has 1 aromatic carbocycles. The van der Waals surface area contributed by atoms with Gasteiger partial charge in [-0.25, -0.2) is 13.1 Å². The summed E-state index contributed by atoms with van der Waals surface area (Å²) in [5.74, 6) is 0.412. The van der Waals surface area contributed by atoms with Gasteiger partial charge in [0.25, 0.3) is 0 Å². The van der Waals surface area contributed by atoms with Gasteiger partial charge in [-0.05, 0) is 26.8 Å². The topological polar surface area (TPSA) is 55.4 Å². The molecule has 0 aliphatic carbocycles. The minimum Gasteiger partial charge on any atom is -0.496 e. The van der Waals surface area contributed by atoms with Gasteiger partial charge in [-0.15, -0.1) is 0 Å². The van der Waals surface area contributed by atoms with E-state index in [-0.39, 0.29) is 0 Å². The van der Waals surface area contributed by atoms with E-state index in [0.29, 0.717) is 18.2 Å². The molecule has 0 heterocycles. The molecule has 0 aromatic heterocycles. The number of alkyl halides is 3. The average molecular weight is 325 g/mol. The Balaban J connectivity index is 3.06. The highest BCUT2D eigenvalue weighted by Crippen LogP contribution is 2.29. The second-order valence-corrected chi connectivity index (χ2v) is 6.85. The monoisotopic (exact) mass is 325 g/mol. The van der Waals surface area contributed by atoms with Crippen molar-refractivity contribution in [2.24, 2.45) is 0 Å². The van der Waals surface area contributed by atoms with Gasteiger partial charge in [-0.2, -0.15) is 13.2 Å². The summed E-state index contributed by atoms with van der Waals surface area (Å²) >= 11 is 0. The minimum absolute atomic E-state index is 0.412. The number of nitrogens with one attached hydrogen (secondary N) is 1. The van der Waals surface area contributed by atoms with E-state index in [0.717, 1.165) is 5.56 Å². The van der Waals surface area contributed by atoms with Crippen LogP contribution in [-0.2, 0) is 10.0 Å². The first-order chi connectivity index (χ1) is 9.49. The molecule has 0 fully saturated rings. The van der Waals surface area contributed by atoms with Crippen LogP contribution >= 0.6 is 0 Å². The van der Waals surface area contributed by atoms with E-state index >= 15 is 0 Å². The van der Waals surface area contributed by atoms with E-state index < -0.39 is 27.5 Å². The minimum atomic E-state index is -4.82. The highest BCUT2D eigenvalue weighted by atomic mass is 32.2. The van der Waals surface area contributed by atoms with Crippen LogP contribution in [0, 0.1) is 6.92 Å². The van der Waals surface area contributed by atoms with Gasteiger partial charge in [0, 0.05) is 11.6 Å². The van der Waals surface area contributed by atoms with E-state index in [2.05, 4.69) is 4.72 Å². The molecule has 0 saturated heterocycles. The predicted molar refractivity (Wildman–Crippen MR) is 73.7 cm³/mol. The summed E-state index contributed by atoms with van der Waals surface area (Å²) in [5.41, 5.74) is 1.33. The molecule has 120 valence electrons. The van der Waals surface area contributed by atoms with Crippen LogP contribution in [0.1, 0.15) is 31.0 Å². The molecular weight excluding hydrogens is 307 g/mol. The average Bonchev–Trinajstić information content (AvgIpc) is 2.36. The van der Waals surface area contributed by atoms with Crippen molar-refractivity contribution in [3.05, 3.63) is 29.3 Å². The normalized spacial score (nSPS) is 15.6. The lowest BCUT2D eigenvalue weighted by Crippen LogP contribution is -2.42. The number of ether oxygens (including phenoxy) is 1. The van der Waals surface area contributed by atoms with Crippen LogP contribution in [0.5, 0.6) is 5.75 Å². The lowest BCUT2D eigenvalue weighted by Gasteiger charge is -2.22. The van der Waals surface area contributed by atoms with Crippen molar-refractivity contribution in [2.45, 2.75) is 38.2 Å². The van der Waals surface area contributed by atoms with Crippen LogP contribution < -0.4 is 9.46 Å². The number of aryl methyl sites for hydroxylation is 1. The van der Waals surface area contributed by atoms with Crippen LogP contribution in [0.3, 0.4) is 0 Å². The predicted octanol–water partition coefficient (Wildman–Crippen LogP) is 2.93. The van der Waals surface area contributed by atoms with Crippen molar-refractivity contribution >= 4 is 10.0 Å². The van der Waals surface area contributed by atoms with Crippen LogP contribution in [0.2, 0.25) is 0 Å². The van der Waals surface area contributed by atoms with E-state index in [9.17, 15) is 21.6 Å². The highest BCUT2D eigenvalue weighted by Gasteiger charge is 2.45. The van der Waals surface area contributed by atoms with Crippen molar-refractivity contribution in [1.29, 1.82) is 0 Å². The fourth-order valence-electron chi connectivity index (χ4n) is 1.78. The number of halogens is 3. The van der Waals surface area contributed by atoms with Crippen molar-refractivity contribution in [3.63, 3.8) is 0 Å². The van der Waals surface area contributed by atoms with Crippen LogP contribution in [-0.4, -0.2) is 27.0 Å². The molecule has 0 saturated carbocycles. The molecule has 2 atom stereocenters. The van der Waals surface area contributed by atoms with E-state index in [4.69, 9.17) is 4.74 Å². The molecule has 1 aromatic rings. The zero-order chi connectivity index (χ0) is 16.4. The quantitative estimate of drug-likeness (QED) is 0.905. The van der Waals surface area contributed by atoms with E-state index in [1.807, 2.05) is 0 Å². The number of rotatable bonds is 5. The molecule has 0 aliphatic rings. The lowest BCUT2D eigenvalue weighted by molar-refractivity contribution is -0.127. The summed E-state index contributed by atoms with van der Waals surface area (Å²) in [7, 11) is -3.12. The molecule has 1 N–H and O–H groups in total. The summed E-state index contributed by atoms with van der Waals surface area (Å²) < 4.78 is 68.4. The molecule has 4 nitrogen and oxygen atoms in total. The second-order valence-electron chi connectivity index (χ2n) is 4.81. The standard InChI is InChI=1S/C13H18F3NO3S/c1-8-5-6-12(20-4)11(7-8)9(2)17-21(18,19)10(3)13(14,15)16/h5-7,9-10,17H,1-4H3/t9-,10-/m0/s1. The van der Waals surface area contributed by atoms with E-state index in [1.165, 1.54) is 14.0 Å². The molecule has 8 heteroatoms. The molecule has 1 rings (SSSR count). The summed E-state index contributed by atoms with van der Waals surface area (Å²) in [4.78, 5) is 0. The van der Waals surface area contributed by atoms with Crippen LogP contribution in [0.25, 0.3) is 0 Å². The Morgan fingerprint density at radius 1 is 1.24 bits per heavy atom. The fraction of sp³-hybridized carbons (Fsp3) is 0.538. The molecule has 21 heavy (non-hydrogen) atoms. The Kier molecular flexibility index (Phi) is 5.27. The molecule has 0 amide bonds. The smallest absolute Gasteiger partial charge is 0.406 e. The van der Waals surface area contributed by atoms with Crippen LogP contribution in [0.4, 0.5) is 13.2 Å². The Hall–Kier alpha value is -1.28. The molecule has 0 radical (unpaired) electrons. The fourth-order valence-corrected chi connectivity index (χ4v) is 2.96. The molecule has 0 bridgehead atoms. The summed E-state index contributed by atoms with van der Waals surface area (Å²) in [6.45, 7) is 3.88. The third-order valence-corrected chi connectivity index (χ3v) is 5.00. The SMILES string of the molecule is COc1ccc(C)cc1[C@H](C)NS(=O)(=O)[C@@H](C)C(F)(F)F. The Labute approximate surface area is 122 Å². The number of benzene rings is 1. The molecule has 0 aliphatic heterocycles. The van der Waals surface area contributed by atoms with Gasteiger partial charge in [-0.1, -0.05) is 17.7 Å². The number of sulfonamides is 1. The Morgan fingerprint density at radius 3 is 2.29 bits per heavy atom. The zero-order valence-corrected chi connectivity index (χ0v) is 13.0. The Bertz CT molecular complexity index is 599. The first-order valence-corrected chi connectivity index (χ1v) is 7.76. The van der Waals surface area contributed by atoms with Gasteiger partial charge < -0.3 is 4.74 Å². The van der Waals surface area contributed by atoms with Gasteiger partial charge in [0.1, 0.15) is 5.75 Å². The van der Waals surface area contributed by atoms with Crippen molar-refractivity contribution < 1.29 is 26.3 Å². The lowest BCUT2D eigenvalue weighted by atomic mass is 10.1. The maximum atomic E-state index is 12.6. The molecular formula is C13H18F3NO3S. The summed E-state index contributed by atoms with van der Waals surface area (Å²) in [6.07, 6.45) is -4.82. The maximum absolute atomic E-state index is 12.6. The first-order valence-electron chi connectivity index (χ1n) is 6.21. The maximum Gasteiger partial charge on any atom is 0.406 e. The Morgan fingerprint density at radius 2 is 1.81 bits per heavy atom. The van der Waals surface area contributed by atoms with Crippen molar-refractivity contribution in [3.8, 4) is 5.75 Å². The molecule has 0 spiro atoms. The van der Waals surface area contributed by atoms with Crippen LogP contribution in [0.15, 0.2) is 18.2 Å². The van der Waals surface area contributed by atoms with Gasteiger partial charge in [-0.3, -0.25) is 0 Å². The highest BCUT2D eigenvalue weighted by molar-refractivity contribution is 7.90. The second kappa shape index (κ2) is 6.23. The number of hydrogen-bond donors (Lipinski definition) is 1. The third-order valence-electron chi connectivity index (χ3n) is 3.12. The van der Waals surface area contributed by atoms with Gasteiger partial charge in [0.15, 0.2) is 5.25 Å². The van der Waals surface area contributed by atoms with E-state index in [1.54, 1.807) is 25.1 Å². The number of methoxy groups -OCH3 is 1. The van der Waals surface area contributed by atoms with Gasteiger partial charge in [0.2, 0.25) is 10.0 Å². The largest absolute Gasteiger partial charge is 0.496 e. The van der Waals surface area contributed by atoms with Gasteiger partial charge >= 0.3 is 6.18 Å². The summed E-state index contributed by atoms with van der Waals surface area (Å²) in [5, 5.41) is -2.48. The first kappa shape index (κ1) is 17.8. The zero-order valence-electron chi connectivity index (χ0n) is 12.2. The summed E-state index contributed by atoms with van der Waals surface area (Å²) in [6, 6.07) is 4.24. The third kappa shape index (κ3) is 4.34. The molecule has 0 unspecified atom stereocenters. The van der Waals surface area contributed by atoms with Crippen molar-refractivity contribution in [1.82, 2.24) is 4.72 Å². The van der Waals surface area contributed by atoms with Gasteiger partial charge in [0.05, 0.1) is 7.11 Å². The van der Waals surface area contributed by atoms with Crippen molar-refractivity contribution in [2.75, 3.05) is 7.11 Å². The number of hydrogen-bond acceptors (Lipinski definition) is 3.